The molecule has 0 aromatic heterocycles. The number of hydrogen-bond acceptors (Lipinski definition) is 3. The third kappa shape index (κ3) is 8.94. The second-order valence-corrected chi connectivity index (χ2v) is 5.91. The minimum Gasteiger partial charge on any atom is -0.492 e. The number of amides is 1. The summed E-state index contributed by atoms with van der Waals surface area (Å²) in [4.78, 5) is 16.0. The molecule has 140 valence electrons. The Morgan fingerprint density at radius 1 is 1.16 bits per heavy atom. The maximum atomic E-state index is 11.5. The highest BCUT2D eigenvalue weighted by Gasteiger charge is 2.28. The van der Waals surface area contributed by atoms with Gasteiger partial charge in [0.2, 0.25) is 5.91 Å². The van der Waals surface area contributed by atoms with Crippen LogP contribution in [0.3, 0.4) is 0 Å². The van der Waals surface area contributed by atoms with Crippen molar-refractivity contribution in [3.63, 3.8) is 0 Å². The predicted octanol–water partition coefficient (Wildman–Crippen LogP) is 2.07. The highest BCUT2D eigenvalue weighted by Crippen LogP contribution is 2.28. The summed E-state index contributed by atoms with van der Waals surface area (Å²) in [5.41, 5.74) is 1.22. The third-order valence-corrected chi connectivity index (χ3v) is 3.66. The van der Waals surface area contributed by atoms with Crippen molar-refractivity contribution in [3.05, 3.63) is 29.8 Å². The van der Waals surface area contributed by atoms with Crippen molar-refractivity contribution in [1.29, 1.82) is 0 Å². The number of ether oxygens (including phenoxy) is 1. The largest absolute Gasteiger partial charge is 0.492 e. The summed E-state index contributed by atoms with van der Waals surface area (Å²) < 4.78 is 5.68. The molecule has 25 heavy (non-hydrogen) atoms. The molecule has 1 aliphatic carbocycles. The first-order chi connectivity index (χ1) is 11.7. The van der Waals surface area contributed by atoms with Gasteiger partial charge in [0.05, 0.1) is 13.1 Å². The number of nitrogens with one attached hydrogen (secondary N) is 3. The molecule has 1 aromatic rings. The predicted molar refractivity (Wildman–Crippen MR) is 112 cm³/mol. The lowest BCUT2D eigenvalue weighted by atomic mass is 10.2. The molecule has 0 radical (unpaired) electrons. The zero-order valence-corrected chi connectivity index (χ0v) is 17.3. The van der Waals surface area contributed by atoms with Crippen LogP contribution in [0.1, 0.15) is 25.3 Å². The normalized spacial score (nSPS) is 13.6. The highest BCUT2D eigenvalue weighted by molar-refractivity contribution is 14.0. The molecule has 2 rings (SSSR count). The average Bonchev–Trinajstić information content (AvgIpc) is 3.41. The van der Waals surface area contributed by atoms with Gasteiger partial charge in [-0.25, -0.2) is 0 Å². The van der Waals surface area contributed by atoms with Crippen LogP contribution in [0.4, 0.5) is 0 Å². The van der Waals surface area contributed by atoms with E-state index in [9.17, 15) is 4.79 Å². The fourth-order valence-corrected chi connectivity index (χ4v) is 2.15. The van der Waals surface area contributed by atoms with Gasteiger partial charge in [0.1, 0.15) is 12.4 Å². The van der Waals surface area contributed by atoms with Crippen molar-refractivity contribution in [3.8, 4) is 5.75 Å². The van der Waals surface area contributed by atoms with E-state index in [-0.39, 0.29) is 35.8 Å². The smallest absolute Gasteiger partial charge is 0.223 e. The van der Waals surface area contributed by atoms with E-state index in [1.807, 2.05) is 31.2 Å². The van der Waals surface area contributed by atoms with E-state index in [0.29, 0.717) is 26.2 Å². The molecule has 0 aliphatic heterocycles. The van der Waals surface area contributed by atoms with E-state index < -0.39 is 0 Å². The van der Waals surface area contributed by atoms with Crippen LogP contribution in [0.25, 0.3) is 0 Å². The minimum absolute atomic E-state index is 0. The van der Waals surface area contributed by atoms with Gasteiger partial charge in [-0.3, -0.25) is 9.79 Å². The molecule has 0 spiro atoms. The molecule has 7 heteroatoms. The molecule has 6 nitrogen and oxygen atoms in total. The molecule has 0 unspecified atom stereocenters. The van der Waals surface area contributed by atoms with Crippen molar-refractivity contribution in [2.75, 3.05) is 32.8 Å². The molecule has 3 N–H and O–H groups in total. The summed E-state index contributed by atoms with van der Waals surface area (Å²) >= 11 is 0. The standard InChI is InChI=1S/C18H28N4O2.HI/c1-3-19-18(21-11-10-20-17(23)15-6-7-15)22-12-13-24-16-8-4-14(2)5-9-16;/h4-5,8-9,15H,3,6-7,10-13H2,1-2H3,(H,20,23)(H2,19,21,22);1H. The van der Waals surface area contributed by atoms with Crippen LogP contribution in [-0.4, -0.2) is 44.7 Å². The first-order valence-electron chi connectivity index (χ1n) is 8.68. The Bertz CT molecular complexity index is 545. The maximum Gasteiger partial charge on any atom is 0.223 e. The molecule has 1 saturated carbocycles. The zero-order chi connectivity index (χ0) is 17.2. The van der Waals surface area contributed by atoms with Crippen LogP contribution in [0, 0.1) is 12.8 Å². The van der Waals surface area contributed by atoms with E-state index in [4.69, 9.17) is 4.74 Å². The lowest BCUT2D eigenvalue weighted by molar-refractivity contribution is -0.122. The van der Waals surface area contributed by atoms with Crippen LogP contribution in [0.2, 0.25) is 0 Å². The minimum atomic E-state index is 0. The summed E-state index contributed by atoms with van der Waals surface area (Å²) in [7, 11) is 0. The van der Waals surface area contributed by atoms with Gasteiger partial charge in [-0.05, 0) is 38.8 Å². The molecule has 0 bridgehead atoms. The number of nitrogens with zero attached hydrogens (tertiary/aromatic N) is 1. The Morgan fingerprint density at radius 2 is 1.88 bits per heavy atom. The topological polar surface area (TPSA) is 74.8 Å². The summed E-state index contributed by atoms with van der Waals surface area (Å²) in [5, 5.41) is 9.32. The van der Waals surface area contributed by atoms with E-state index in [0.717, 1.165) is 31.1 Å². The number of benzene rings is 1. The second-order valence-electron chi connectivity index (χ2n) is 5.91. The molecule has 0 atom stereocenters. The van der Waals surface area contributed by atoms with Crippen LogP contribution >= 0.6 is 24.0 Å². The molecular formula is C18H29IN4O2. The number of carbonyl (C=O) groups is 1. The number of guanidine groups is 1. The first-order valence-corrected chi connectivity index (χ1v) is 8.68. The number of rotatable bonds is 9. The first kappa shape index (κ1) is 21.5. The average molecular weight is 460 g/mol. The summed E-state index contributed by atoms with van der Waals surface area (Å²) in [5.74, 6) is 2.02. The van der Waals surface area contributed by atoms with Crippen LogP contribution in [-0.2, 0) is 4.79 Å². The van der Waals surface area contributed by atoms with Crippen molar-refractivity contribution in [1.82, 2.24) is 16.0 Å². The SMILES string of the molecule is CCNC(=NCCNC(=O)C1CC1)NCCOc1ccc(C)cc1.I. The van der Waals surface area contributed by atoms with Crippen molar-refractivity contribution < 1.29 is 9.53 Å². The monoisotopic (exact) mass is 460 g/mol. The van der Waals surface area contributed by atoms with E-state index >= 15 is 0 Å². The lowest BCUT2D eigenvalue weighted by Gasteiger charge is -2.12. The van der Waals surface area contributed by atoms with Crippen LogP contribution in [0.15, 0.2) is 29.3 Å². The molecule has 1 aromatic carbocycles. The van der Waals surface area contributed by atoms with Crippen LogP contribution in [0.5, 0.6) is 5.75 Å². The number of carbonyl (C=O) groups excluding carboxylic acids is 1. The molecular weight excluding hydrogens is 431 g/mol. The van der Waals surface area contributed by atoms with E-state index in [2.05, 4.69) is 27.9 Å². The fraction of sp³-hybridized carbons (Fsp3) is 0.556. The Labute approximate surface area is 167 Å². The van der Waals surface area contributed by atoms with E-state index in [1.165, 1.54) is 5.56 Å². The van der Waals surface area contributed by atoms with Gasteiger partial charge >= 0.3 is 0 Å². The summed E-state index contributed by atoms with van der Waals surface area (Å²) in [6.07, 6.45) is 2.06. The number of hydrogen-bond donors (Lipinski definition) is 3. The Balaban J connectivity index is 0.00000312. The Hall–Kier alpha value is -1.51. The Kier molecular flexibility index (Phi) is 10.3. The van der Waals surface area contributed by atoms with Crippen LogP contribution < -0.4 is 20.7 Å². The van der Waals surface area contributed by atoms with Crippen molar-refractivity contribution in [2.45, 2.75) is 26.7 Å². The van der Waals surface area contributed by atoms with Gasteiger partial charge in [-0.15, -0.1) is 24.0 Å². The zero-order valence-electron chi connectivity index (χ0n) is 15.0. The van der Waals surface area contributed by atoms with Gasteiger partial charge in [0, 0.05) is 19.0 Å². The summed E-state index contributed by atoms with van der Waals surface area (Å²) in [6.45, 7) is 7.23. The van der Waals surface area contributed by atoms with Gasteiger partial charge in [0.15, 0.2) is 5.96 Å². The van der Waals surface area contributed by atoms with Gasteiger partial charge in [-0.1, -0.05) is 17.7 Å². The second kappa shape index (κ2) is 11.9. The molecule has 1 amide bonds. The van der Waals surface area contributed by atoms with Crippen molar-refractivity contribution in [2.24, 2.45) is 10.9 Å². The van der Waals surface area contributed by atoms with Crippen molar-refractivity contribution >= 4 is 35.8 Å². The number of aryl methyl sites for hydroxylation is 1. The lowest BCUT2D eigenvalue weighted by Crippen LogP contribution is -2.40. The van der Waals surface area contributed by atoms with Gasteiger partial charge < -0.3 is 20.7 Å². The number of halogens is 1. The molecule has 0 heterocycles. The number of aliphatic imine (C=N–C) groups is 1. The summed E-state index contributed by atoms with van der Waals surface area (Å²) in [6, 6.07) is 8.00. The highest BCUT2D eigenvalue weighted by atomic mass is 127. The van der Waals surface area contributed by atoms with Gasteiger partial charge in [-0.2, -0.15) is 0 Å². The third-order valence-electron chi connectivity index (χ3n) is 3.66. The Morgan fingerprint density at radius 3 is 2.52 bits per heavy atom. The molecule has 1 fully saturated rings. The van der Waals surface area contributed by atoms with Gasteiger partial charge in [0.25, 0.3) is 0 Å². The van der Waals surface area contributed by atoms with E-state index in [1.54, 1.807) is 0 Å². The molecule has 0 saturated heterocycles. The quantitative estimate of drug-likeness (QED) is 0.228. The fourth-order valence-electron chi connectivity index (χ4n) is 2.15. The molecule has 1 aliphatic rings. The maximum absolute atomic E-state index is 11.5.